The van der Waals surface area contributed by atoms with Gasteiger partial charge in [0.05, 0.1) is 5.69 Å². The Labute approximate surface area is 189 Å². The topological polar surface area (TPSA) is 99.1 Å². The average Bonchev–Trinajstić information content (AvgIpc) is 2.74. The van der Waals surface area contributed by atoms with Gasteiger partial charge in [-0.05, 0) is 73.2 Å². The number of aromatic hydroxyl groups is 2. The summed E-state index contributed by atoms with van der Waals surface area (Å²) in [6.45, 7) is 1.64. The van der Waals surface area contributed by atoms with Crippen molar-refractivity contribution in [3.63, 3.8) is 0 Å². The van der Waals surface area contributed by atoms with Crippen molar-refractivity contribution < 1.29 is 24.5 Å². The Morgan fingerprint density at radius 3 is 2.28 bits per heavy atom. The molecule has 32 heavy (non-hydrogen) atoms. The first kappa shape index (κ1) is 21.1. The van der Waals surface area contributed by atoms with Crippen LogP contribution in [0.4, 0.5) is 5.69 Å². The Balaban J connectivity index is 1.64. The first-order valence-electron chi connectivity index (χ1n) is 9.60. The summed E-state index contributed by atoms with van der Waals surface area (Å²) in [7, 11) is 0. The molecule has 0 radical (unpaired) electrons. The van der Waals surface area contributed by atoms with Gasteiger partial charge in [0.2, 0.25) is 0 Å². The highest BCUT2D eigenvalue weighted by atomic mass is 32.1. The Morgan fingerprint density at radius 1 is 0.969 bits per heavy atom. The zero-order valence-corrected chi connectivity index (χ0v) is 17.7. The van der Waals surface area contributed by atoms with Gasteiger partial charge >= 0.3 is 0 Å². The summed E-state index contributed by atoms with van der Waals surface area (Å²) in [4.78, 5) is 26.8. The fraction of sp³-hybridized carbons (Fsp3) is 0.0417. The van der Waals surface area contributed by atoms with Crippen molar-refractivity contribution in [3.8, 4) is 23.0 Å². The number of hydrogen-bond donors (Lipinski definition) is 3. The van der Waals surface area contributed by atoms with Gasteiger partial charge in [0, 0.05) is 11.6 Å². The molecule has 0 saturated carbocycles. The van der Waals surface area contributed by atoms with E-state index in [1.165, 1.54) is 17.0 Å². The molecule has 0 bridgehead atoms. The average molecular weight is 446 g/mol. The normalized spacial score (nSPS) is 15.1. The van der Waals surface area contributed by atoms with Crippen molar-refractivity contribution in [2.75, 3.05) is 4.90 Å². The Bertz CT molecular complexity index is 1230. The van der Waals surface area contributed by atoms with Crippen molar-refractivity contribution >= 4 is 40.9 Å². The number of para-hydroxylation sites is 1. The molecule has 2 amide bonds. The van der Waals surface area contributed by atoms with E-state index in [0.29, 0.717) is 22.7 Å². The SMILES string of the molecule is Cc1cc(O)cc(O)c1C=C1C(=O)NC(=S)N(c2ccc(Oc3ccccc3)cc2)C1=O. The van der Waals surface area contributed by atoms with Crippen molar-refractivity contribution in [1.82, 2.24) is 5.32 Å². The van der Waals surface area contributed by atoms with Crippen LogP contribution in [-0.4, -0.2) is 27.1 Å². The standard InChI is InChI=1S/C24H18N2O5S/c1-14-11-16(27)12-21(28)19(14)13-20-22(29)25-24(32)26(23(20)30)15-7-9-18(10-8-15)31-17-5-3-2-4-6-17/h2-13,27-28H,1H3,(H,25,29,32). The van der Waals surface area contributed by atoms with E-state index in [4.69, 9.17) is 17.0 Å². The number of rotatable bonds is 4. The number of thiocarbonyl (C=S) groups is 1. The van der Waals surface area contributed by atoms with Crippen molar-refractivity contribution in [3.05, 3.63) is 83.4 Å². The van der Waals surface area contributed by atoms with Gasteiger partial charge in [-0.2, -0.15) is 0 Å². The molecular weight excluding hydrogens is 428 g/mol. The number of ether oxygens (including phenoxy) is 1. The van der Waals surface area contributed by atoms with E-state index in [1.54, 1.807) is 31.2 Å². The van der Waals surface area contributed by atoms with Crippen molar-refractivity contribution in [2.24, 2.45) is 0 Å². The first-order chi connectivity index (χ1) is 15.3. The van der Waals surface area contributed by atoms with E-state index in [0.717, 1.165) is 6.07 Å². The summed E-state index contributed by atoms with van der Waals surface area (Å²) in [6, 6.07) is 18.5. The van der Waals surface area contributed by atoms with Crippen LogP contribution in [0.2, 0.25) is 0 Å². The molecule has 0 spiro atoms. The third-order valence-electron chi connectivity index (χ3n) is 4.81. The van der Waals surface area contributed by atoms with Crippen molar-refractivity contribution in [1.29, 1.82) is 0 Å². The number of amides is 2. The van der Waals surface area contributed by atoms with Crippen LogP contribution in [0, 0.1) is 6.92 Å². The van der Waals surface area contributed by atoms with Crippen LogP contribution in [0.3, 0.4) is 0 Å². The van der Waals surface area contributed by atoms with E-state index in [9.17, 15) is 19.8 Å². The molecule has 3 aromatic carbocycles. The van der Waals surface area contributed by atoms with Gasteiger partial charge in [-0.25, -0.2) is 0 Å². The fourth-order valence-corrected chi connectivity index (χ4v) is 3.55. The first-order valence-corrected chi connectivity index (χ1v) is 10.0. The molecule has 1 fully saturated rings. The molecule has 1 aliphatic rings. The van der Waals surface area contributed by atoms with Crippen LogP contribution < -0.4 is 15.0 Å². The largest absolute Gasteiger partial charge is 0.508 e. The molecule has 3 N–H and O–H groups in total. The molecule has 1 aliphatic heterocycles. The summed E-state index contributed by atoms with van der Waals surface area (Å²) >= 11 is 5.22. The second-order valence-electron chi connectivity index (χ2n) is 7.06. The number of aryl methyl sites for hydroxylation is 1. The summed E-state index contributed by atoms with van der Waals surface area (Å²) in [6.07, 6.45) is 1.28. The lowest BCUT2D eigenvalue weighted by atomic mass is 10.0. The zero-order chi connectivity index (χ0) is 22.8. The second kappa shape index (κ2) is 8.52. The molecule has 0 aromatic heterocycles. The number of nitrogens with one attached hydrogen (secondary N) is 1. The molecule has 1 heterocycles. The minimum absolute atomic E-state index is 0.0551. The van der Waals surface area contributed by atoms with Gasteiger partial charge < -0.3 is 14.9 Å². The van der Waals surface area contributed by atoms with Crippen LogP contribution in [-0.2, 0) is 9.59 Å². The third-order valence-corrected chi connectivity index (χ3v) is 5.10. The molecule has 1 saturated heterocycles. The van der Waals surface area contributed by atoms with Crippen LogP contribution in [0.25, 0.3) is 6.08 Å². The van der Waals surface area contributed by atoms with Crippen molar-refractivity contribution in [2.45, 2.75) is 6.92 Å². The van der Waals surface area contributed by atoms with Gasteiger partial charge in [0.1, 0.15) is 28.6 Å². The molecule has 8 heteroatoms. The van der Waals surface area contributed by atoms with Crippen LogP contribution in [0.1, 0.15) is 11.1 Å². The lowest BCUT2D eigenvalue weighted by molar-refractivity contribution is -0.122. The Hall–Kier alpha value is -4.17. The summed E-state index contributed by atoms with van der Waals surface area (Å²) < 4.78 is 5.76. The minimum atomic E-state index is -0.674. The fourth-order valence-electron chi connectivity index (χ4n) is 3.27. The Kier molecular flexibility index (Phi) is 5.61. The Morgan fingerprint density at radius 2 is 1.62 bits per heavy atom. The maximum absolute atomic E-state index is 13.2. The quantitative estimate of drug-likeness (QED) is 0.318. The number of carbonyl (C=O) groups is 2. The third kappa shape index (κ3) is 4.17. The molecule has 0 unspecified atom stereocenters. The van der Waals surface area contributed by atoms with Gasteiger partial charge in [0.25, 0.3) is 11.8 Å². The maximum Gasteiger partial charge on any atom is 0.270 e. The lowest BCUT2D eigenvalue weighted by Crippen LogP contribution is -2.54. The van der Waals surface area contributed by atoms with Gasteiger partial charge in [-0.1, -0.05) is 18.2 Å². The summed E-state index contributed by atoms with van der Waals surface area (Å²) in [5, 5.41) is 22.2. The second-order valence-corrected chi connectivity index (χ2v) is 7.45. The molecule has 0 atom stereocenters. The number of nitrogens with zero attached hydrogens (tertiary/aromatic N) is 1. The summed E-state index contributed by atoms with van der Waals surface area (Å²) in [5.74, 6) is -0.444. The number of carbonyl (C=O) groups excluding carboxylic acids is 2. The highest BCUT2D eigenvalue weighted by molar-refractivity contribution is 7.80. The van der Waals surface area contributed by atoms with E-state index in [1.807, 2.05) is 30.3 Å². The van der Waals surface area contributed by atoms with Crippen LogP contribution in [0.15, 0.2) is 72.3 Å². The predicted octanol–water partition coefficient (Wildman–Crippen LogP) is 4.03. The smallest absolute Gasteiger partial charge is 0.270 e. The lowest BCUT2D eigenvalue weighted by Gasteiger charge is -2.29. The number of phenolic OH excluding ortho intramolecular Hbond substituents is 2. The molecule has 3 aromatic rings. The molecule has 0 aliphatic carbocycles. The molecule has 160 valence electrons. The van der Waals surface area contributed by atoms with E-state index >= 15 is 0 Å². The molecule has 4 rings (SSSR count). The highest BCUT2D eigenvalue weighted by Crippen LogP contribution is 2.31. The van der Waals surface area contributed by atoms with E-state index in [2.05, 4.69) is 5.32 Å². The van der Waals surface area contributed by atoms with Gasteiger partial charge in [-0.15, -0.1) is 0 Å². The maximum atomic E-state index is 13.2. The number of hydrogen-bond acceptors (Lipinski definition) is 6. The number of phenols is 2. The van der Waals surface area contributed by atoms with Crippen LogP contribution in [0.5, 0.6) is 23.0 Å². The number of benzene rings is 3. The zero-order valence-electron chi connectivity index (χ0n) is 16.9. The summed E-state index contributed by atoms with van der Waals surface area (Å²) in [5.41, 5.74) is 0.989. The van der Waals surface area contributed by atoms with E-state index in [-0.39, 0.29) is 27.7 Å². The van der Waals surface area contributed by atoms with Gasteiger partial charge in [0.15, 0.2) is 5.11 Å². The molecular formula is C24H18N2O5S. The minimum Gasteiger partial charge on any atom is -0.508 e. The van der Waals surface area contributed by atoms with Crippen LogP contribution >= 0.6 is 12.2 Å². The van der Waals surface area contributed by atoms with Gasteiger partial charge in [-0.3, -0.25) is 19.8 Å². The highest BCUT2D eigenvalue weighted by Gasteiger charge is 2.34. The molecule has 7 nitrogen and oxygen atoms in total. The monoisotopic (exact) mass is 446 g/mol. The predicted molar refractivity (Wildman–Crippen MR) is 124 cm³/mol. The van der Waals surface area contributed by atoms with E-state index < -0.39 is 11.8 Å². The number of anilines is 1.